The van der Waals surface area contributed by atoms with E-state index in [4.69, 9.17) is 9.47 Å². The number of hydrogen-bond donors (Lipinski definition) is 0. The molecule has 3 aliphatic heterocycles. The van der Waals surface area contributed by atoms with E-state index in [2.05, 4.69) is 26.9 Å². The average Bonchev–Trinajstić information content (AvgIpc) is 3.19. The summed E-state index contributed by atoms with van der Waals surface area (Å²) in [5.74, 6) is 0. The van der Waals surface area contributed by atoms with Crippen molar-refractivity contribution in [2.45, 2.75) is 43.9 Å². The molecule has 4 heterocycles. The van der Waals surface area contributed by atoms with E-state index in [-0.39, 0.29) is 5.60 Å². The Morgan fingerprint density at radius 3 is 2.92 bits per heavy atom. The van der Waals surface area contributed by atoms with E-state index in [1.54, 1.807) is 0 Å². The smallest absolute Gasteiger partial charge is 0.105 e. The highest BCUT2D eigenvalue weighted by molar-refractivity contribution is 5.04. The molecule has 4 rings (SSSR count). The summed E-state index contributed by atoms with van der Waals surface area (Å²) in [5, 5.41) is 0. The van der Waals surface area contributed by atoms with Gasteiger partial charge in [0.15, 0.2) is 0 Å². The van der Waals surface area contributed by atoms with Crippen LogP contribution < -0.4 is 0 Å². The molecular weight excluding hydrogens is 302 g/mol. The summed E-state index contributed by atoms with van der Waals surface area (Å²) in [6.45, 7) is 7.91. The summed E-state index contributed by atoms with van der Waals surface area (Å²) >= 11 is 0. The molecule has 0 saturated carbocycles. The fourth-order valence-corrected chi connectivity index (χ4v) is 4.34. The van der Waals surface area contributed by atoms with Gasteiger partial charge < -0.3 is 14.4 Å². The third-order valence-corrected chi connectivity index (χ3v) is 5.54. The average molecular weight is 331 g/mol. The van der Waals surface area contributed by atoms with Crippen LogP contribution in [0.25, 0.3) is 0 Å². The first-order chi connectivity index (χ1) is 11.8. The van der Waals surface area contributed by atoms with Crippen LogP contribution >= 0.6 is 0 Å². The number of pyridine rings is 1. The predicted octanol–water partition coefficient (Wildman–Crippen LogP) is 1.93. The van der Waals surface area contributed by atoms with E-state index in [0.29, 0.717) is 6.10 Å². The van der Waals surface area contributed by atoms with Crippen LogP contribution in [0.15, 0.2) is 24.4 Å². The minimum absolute atomic E-state index is 0.115. The number of ether oxygens (including phenoxy) is 2. The largest absolute Gasteiger partial charge is 0.377 e. The number of rotatable bonds is 4. The molecule has 0 unspecified atom stereocenters. The van der Waals surface area contributed by atoms with E-state index >= 15 is 0 Å². The number of aromatic nitrogens is 1. The second-order valence-electron chi connectivity index (χ2n) is 7.55. The fraction of sp³-hybridized carbons (Fsp3) is 0.737. The standard InChI is InChI=1S/C19H29N3O2/c1-2-8-20-17(5-1)13-22-11-12-23-16-19(15-22)7-6-18(24-19)14-21-9-3-4-10-21/h1-2,5,8,18H,3-4,6-7,9-16H2/t18-,19+/m0/s1. The fourth-order valence-electron chi connectivity index (χ4n) is 4.34. The van der Waals surface area contributed by atoms with Gasteiger partial charge in [0.05, 0.1) is 25.0 Å². The van der Waals surface area contributed by atoms with Gasteiger partial charge in [-0.2, -0.15) is 0 Å². The topological polar surface area (TPSA) is 37.8 Å². The zero-order chi connectivity index (χ0) is 16.2. The highest BCUT2D eigenvalue weighted by Gasteiger charge is 2.43. The van der Waals surface area contributed by atoms with Crippen LogP contribution in [0.3, 0.4) is 0 Å². The van der Waals surface area contributed by atoms with Crippen molar-refractivity contribution < 1.29 is 9.47 Å². The highest BCUT2D eigenvalue weighted by Crippen LogP contribution is 2.34. The minimum Gasteiger partial charge on any atom is -0.377 e. The van der Waals surface area contributed by atoms with Crippen LogP contribution in [-0.4, -0.2) is 72.4 Å². The van der Waals surface area contributed by atoms with Crippen molar-refractivity contribution in [2.24, 2.45) is 0 Å². The van der Waals surface area contributed by atoms with Crippen molar-refractivity contribution in [3.8, 4) is 0 Å². The molecule has 1 aromatic heterocycles. The van der Waals surface area contributed by atoms with Gasteiger partial charge in [-0.05, 0) is 50.9 Å². The lowest BCUT2D eigenvalue weighted by Gasteiger charge is -2.32. The van der Waals surface area contributed by atoms with Gasteiger partial charge in [0.1, 0.15) is 5.60 Å². The van der Waals surface area contributed by atoms with Gasteiger partial charge in [-0.1, -0.05) is 6.07 Å². The molecule has 5 heteroatoms. The molecule has 0 bridgehead atoms. The second-order valence-corrected chi connectivity index (χ2v) is 7.55. The lowest BCUT2D eigenvalue weighted by molar-refractivity contribution is -0.0914. The van der Waals surface area contributed by atoms with Crippen LogP contribution in [0.2, 0.25) is 0 Å². The molecule has 0 N–H and O–H groups in total. The predicted molar refractivity (Wildman–Crippen MR) is 92.8 cm³/mol. The summed E-state index contributed by atoms with van der Waals surface area (Å²) < 4.78 is 12.5. The molecule has 1 aromatic rings. The van der Waals surface area contributed by atoms with Gasteiger partial charge in [0.2, 0.25) is 0 Å². The van der Waals surface area contributed by atoms with Gasteiger partial charge in [-0.3, -0.25) is 9.88 Å². The zero-order valence-electron chi connectivity index (χ0n) is 14.5. The van der Waals surface area contributed by atoms with Crippen LogP contribution in [0.5, 0.6) is 0 Å². The number of likely N-dealkylation sites (tertiary alicyclic amines) is 1. The van der Waals surface area contributed by atoms with Crippen LogP contribution in [-0.2, 0) is 16.0 Å². The summed E-state index contributed by atoms with van der Waals surface area (Å²) in [4.78, 5) is 9.49. The van der Waals surface area contributed by atoms with Crippen molar-refractivity contribution in [1.82, 2.24) is 14.8 Å². The Hall–Kier alpha value is -1.01. The van der Waals surface area contributed by atoms with Crippen molar-refractivity contribution in [2.75, 3.05) is 45.9 Å². The SMILES string of the molecule is c1ccc(CN2CCOC[C@@]3(CC[C@@H](CN4CCCC4)O3)C2)nc1. The Morgan fingerprint density at radius 2 is 2.08 bits per heavy atom. The van der Waals surface area contributed by atoms with Crippen LogP contribution in [0, 0.1) is 0 Å². The van der Waals surface area contributed by atoms with Crippen molar-refractivity contribution in [1.29, 1.82) is 0 Å². The first-order valence-corrected chi connectivity index (χ1v) is 9.42. The quantitative estimate of drug-likeness (QED) is 0.843. The summed E-state index contributed by atoms with van der Waals surface area (Å²) in [7, 11) is 0. The molecule has 0 radical (unpaired) electrons. The van der Waals surface area contributed by atoms with Gasteiger partial charge in [0.25, 0.3) is 0 Å². The monoisotopic (exact) mass is 331 g/mol. The Balaban J connectivity index is 1.37. The van der Waals surface area contributed by atoms with Gasteiger partial charge in [0, 0.05) is 32.4 Å². The summed E-state index contributed by atoms with van der Waals surface area (Å²) in [6, 6.07) is 6.13. The first-order valence-electron chi connectivity index (χ1n) is 9.42. The normalized spacial score (nSPS) is 32.4. The van der Waals surface area contributed by atoms with E-state index in [0.717, 1.165) is 57.9 Å². The van der Waals surface area contributed by atoms with E-state index in [1.165, 1.54) is 25.9 Å². The van der Waals surface area contributed by atoms with Crippen molar-refractivity contribution in [3.63, 3.8) is 0 Å². The first kappa shape index (κ1) is 16.5. The molecular formula is C19H29N3O2. The molecule has 132 valence electrons. The number of nitrogens with zero attached hydrogens (tertiary/aromatic N) is 3. The van der Waals surface area contributed by atoms with Gasteiger partial charge in [-0.25, -0.2) is 0 Å². The Bertz CT molecular complexity index is 521. The minimum atomic E-state index is -0.115. The molecule has 0 aliphatic carbocycles. The van der Waals surface area contributed by atoms with E-state index in [1.807, 2.05) is 12.3 Å². The highest BCUT2D eigenvalue weighted by atomic mass is 16.6. The molecule has 2 atom stereocenters. The molecule has 3 fully saturated rings. The van der Waals surface area contributed by atoms with Crippen molar-refractivity contribution >= 4 is 0 Å². The Morgan fingerprint density at radius 1 is 1.17 bits per heavy atom. The van der Waals surface area contributed by atoms with E-state index < -0.39 is 0 Å². The Kier molecular flexibility index (Phi) is 5.13. The molecule has 1 spiro atoms. The number of hydrogen-bond acceptors (Lipinski definition) is 5. The molecule has 3 saturated heterocycles. The molecule has 3 aliphatic rings. The van der Waals surface area contributed by atoms with Crippen LogP contribution in [0.1, 0.15) is 31.4 Å². The lowest BCUT2D eigenvalue weighted by atomic mass is 10.00. The van der Waals surface area contributed by atoms with Crippen molar-refractivity contribution in [3.05, 3.63) is 30.1 Å². The van der Waals surface area contributed by atoms with E-state index in [9.17, 15) is 0 Å². The van der Waals surface area contributed by atoms with Crippen LogP contribution in [0.4, 0.5) is 0 Å². The molecule has 0 aromatic carbocycles. The maximum absolute atomic E-state index is 6.57. The molecule has 24 heavy (non-hydrogen) atoms. The molecule has 5 nitrogen and oxygen atoms in total. The lowest BCUT2D eigenvalue weighted by Crippen LogP contribution is -2.45. The summed E-state index contributed by atoms with van der Waals surface area (Å²) in [5.41, 5.74) is 1.01. The summed E-state index contributed by atoms with van der Waals surface area (Å²) in [6.07, 6.45) is 7.22. The maximum Gasteiger partial charge on any atom is 0.105 e. The molecule has 0 amide bonds. The van der Waals surface area contributed by atoms with Gasteiger partial charge >= 0.3 is 0 Å². The third kappa shape index (κ3) is 3.97. The Labute approximate surface area is 144 Å². The zero-order valence-corrected chi connectivity index (χ0v) is 14.5. The third-order valence-electron chi connectivity index (χ3n) is 5.54. The van der Waals surface area contributed by atoms with Gasteiger partial charge in [-0.15, -0.1) is 0 Å². The second kappa shape index (κ2) is 7.48. The maximum atomic E-state index is 6.57.